The Labute approximate surface area is 266 Å². The molecule has 0 radical (unpaired) electrons. The van der Waals surface area contributed by atoms with Gasteiger partial charge in [0.25, 0.3) is 0 Å². The van der Waals surface area contributed by atoms with Crippen molar-refractivity contribution >= 4 is 23.4 Å². The smallest absolute Gasteiger partial charge is 0.374 e. The molecule has 5 heterocycles. The van der Waals surface area contributed by atoms with E-state index in [0.29, 0.717) is 54.0 Å². The number of benzene rings is 1. The number of imidazole rings is 1. The lowest BCUT2D eigenvalue weighted by molar-refractivity contribution is -0.141. The average Bonchev–Trinajstić information content (AvgIpc) is 3.85. The summed E-state index contributed by atoms with van der Waals surface area (Å²) in [5, 5.41) is 20.7. The van der Waals surface area contributed by atoms with Crippen molar-refractivity contribution in [3.63, 3.8) is 0 Å². The van der Waals surface area contributed by atoms with E-state index in [1.165, 1.54) is 0 Å². The van der Waals surface area contributed by atoms with Gasteiger partial charge in [-0.2, -0.15) is 0 Å². The molecule has 2 saturated heterocycles. The van der Waals surface area contributed by atoms with Crippen LogP contribution in [0.5, 0.6) is 17.2 Å². The number of amides is 1. The van der Waals surface area contributed by atoms with E-state index >= 15 is 0 Å². The van der Waals surface area contributed by atoms with Crippen molar-refractivity contribution in [2.45, 2.75) is 82.7 Å². The number of aromatic nitrogens is 2. The van der Waals surface area contributed by atoms with Gasteiger partial charge in [0.1, 0.15) is 47.5 Å². The molecule has 0 bridgehead atoms. The summed E-state index contributed by atoms with van der Waals surface area (Å²) < 4.78 is 25.7. The zero-order chi connectivity index (χ0) is 32.2. The number of aliphatic hydroxyl groups is 1. The number of methoxy groups -OCH3 is 1. The lowest BCUT2D eigenvalue weighted by atomic mass is 9.81. The van der Waals surface area contributed by atoms with Crippen molar-refractivity contribution in [3.05, 3.63) is 47.5 Å². The summed E-state index contributed by atoms with van der Waals surface area (Å²) in [6.07, 6.45) is 10.3. The fourth-order valence-electron chi connectivity index (χ4n) is 7.41. The van der Waals surface area contributed by atoms with Crippen molar-refractivity contribution in [3.8, 4) is 17.2 Å². The Kier molecular flexibility index (Phi) is 7.91. The fourth-order valence-corrected chi connectivity index (χ4v) is 7.41. The molecule has 2 aromatic rings. The molecule has 1 amide bonds. The number of carbonyl (C=O) groups is 2. The second-order valence-electron chi connectivity index (χ2n) is 12.6. The van der Waals surface area contributed by atoms with Crippen molar-refractivity contribution < 1.29 is 33.6 Å². The van der Waals surface area contributed by atoms with Crippen molar-refractivity contribution in [1.29, 1.82) is 0 Å². The van der Waals surface area contributed by atoms with Crippen molar-refractivity contribution in [2.24, 2.45) is 11.7 Å². The molecule has 5 atom stereocenters. The highest BCUT2D eigenvalue weighted by Gasteiger charge is 2.47. The van der Waals surface area contributed by atoms with E-state index < -0.39 is 30.0 Å². The molecular weight excluding hydrogens is 594 g/mol. The molecule has 14 heteroatoms. The van der Waals surface area contributed by atoms with Crippen LogP contribution < -0.4 is 40.8 Å². The van der Waals surface area contributed by atoms with E-state index in [0.717, 1.165) is 31.2 Å². The highest BCUT2D eigenvalue weighted by atomic mass is 16.6. The number of anilines is 1. The molecule has 7 rings (SSSR count). The maximum Gasteiger partial charge on any atom is 0.374 e. The Hall–Kier alpha value is -4.11. The maximum absolute atomic E-state index is 12.9. The molecule has 4 aliphatic heterocycles. The third kappa shape index (κ3) is 5.18. The SMILES string of the molecule is CCOC(=O)C1=C/C(=C\Cn2ccnc2N2CN[C@H]3C(=O)N[C@@H](N)N[C@H]32)c2c(cc3c(c2OC)C[C@@H]([C@@](C)(O)C2CCCC2)O3)O1. The summed E-state index contributed by atoms with van der Waals surface area (Å²) in [6.45, 7) is 4.57. The molecule has 5 aliphatic rings. The Bertz CT molecular complexity index is 1590. The molecule has 46 heavy (non-hydrogen) atoms. The molecule has 1 aromatic carbocycles. The van der Waals surface area contributed by atoms with Crippen LogP contribution in [0.25, 0.3) is 5.57 Å². The Morgan fingerprint density at radius 3 is 2.87 bits per heavy atom. The number of esters is 1. The number of allylic oxidation sites excluding steroid dienone is 3. The number of ether oxygens (including phenoxy) is 4. The van der Waals surface area contributed by atoms with Crippen LogP contribution in [0.15, 0.2) is 36.4 Å². The number of hydrogen-bond donors (Lipinski definition) is 5. The first-order valence-electron chi connectivity index (χ1n) is 15.9. The summed E-state index contributed by atoms with van der Waals surface area (Å²) in [7, 11) is 1.60. The predicted molar refractivity (Wildman–Crippen MR) is 167 cm³/mol. The minimum absolute atomic E-state index is 0.0407. The zero-order valence-corrected chi connectivity index (χ0v) is 26.2. The molecule has 1 aliphatic carbocycles. The van der Waals surface area contributed by atoms with Crippen LogP contribution in [0.1, 0.15) is 50.7 Å². The minimum Gasteiger partial charge on any atom is -0.496 e. The van der Waals surface area contributed by atoms with E-state index in [1.54, 1.807) is 32.4 Å². The zero-order valence-electron chi connectivity index (χ0n) is 26.2. The fraction of sp³-hybridized carbons (Fsp3) is 0.531. The highest BCUT2D eigenvalue weighted by molar-refractivity contribution is 5.96. The van der Waals surface area contributed by atoms with Gasteiger partial charge in [0.05, 0.1) is 25.9 Å². The van der Waals surface area contributed by atoms with Gasteiger partial charge >= 0.3 is 5.97 Å². The Morgan fingerprint density at radius 1 is 1.30 bits per heavy atom. The lowest BCUT2D eigenvalue weighted by Gasteiger charge is -2.35. The van der Waals surface area contributed by atoms with E-state index in [1.807, 2.05) is 28.7 Å². The lowest BCUT2D eigenvalue weighted by Crippen LogP contribution is -2.70. The third-order valence-electron chi connectivity index (χ3n) is 9.80. The molecule has 0 spiro atoms. The molecule has 246 valence electrons. The van der Waals surface area contributed by atoms with Crippen LogP contribution in [0.4, 0.5) is 5.95 Å². The van der Waals surface area contributed by atoms with Gasteiger partial charge < -0.3 is 38.8 Å². The first-order valence-corrected chi connectivity index (χ1v) is 15.9. The molecule has 1 aromatic heterocycles. The quantitative estimate of drug-likeness (QED) is 0.262. The monoisotopic (exact) mass is 635 g/mol. The first kappa shape index (κ1) is 30.5. The summed E-state index contributed by atoms with van der Waals surface area (Å²) in [5.74, 6) is 1.62. The van der Waals surface area contributed by atoms with Crippen LogP contribution >= 0.6 is 0 Å². The highest BCUT2D eigenvalue weighted by Crippen LogP contribution is 2.51. The number of nitrogens with one attached hydrogen (secondary N) is 3. The summed E-state index contributed by atoms with van der Waals surface area (Å²) >= 11 is 0. The Morgan fingerprint density at radius 2 is 2.11 bits per heavy atom. The number of hydrogen-bond acceptors (Lipinski definition) is 12. The van der Waals surface area contributed by atoms with Crippen LogP contribution in [-0.4, -0.2) is 77.1 Å². The maximum atomic E-state index is 12.9. The predicted octanol–water partition coefficient (Wildman–Crippen LogP) is 1.08. The van der Waals surface area contributed by atoms with Gasteiger partial charge in [-0.15, -0.1) is 0 Å². The number of fused-ring (bicyclic) bond motifs is 3. The normalized spacial score (nSPS) is 27.6. The molecule has 1 saturated carbocycles. The standard InChI is InChI=1S/C32H41N7O7/c1-4-44-29(41)22-13-17(9-11-38-12-10-34-31(38)39-16-35-25-27(39)36-30(33)37-28(25)40)24-21(45-22)15-20-19(26(24)43-3)14-23(46-20)32(2,42)18-7-5-6-8-18/h9-10,12-13,15,18,23,25,27,30,35-36,42H,4-8,11,14,16,33H2,1-3H3,(H,37,40)/b17-9+/t23-,25+,27-,30-,32-/m0/s1. The first-order chi connectivity index (χ1) is 22.2. The second kappa shape index (κ2) is 11.9. The van der Waals surface area contributed by atoms with E-state index in [2.05, 4.69) is 20.9 Å². The van der Waals surface area contributed by atoms with Gasteiger partial charge in [-0.1, -0.05) is 18.9 Å². The van der Waals surface area contributed by atoms with Gasteiger partial charge in [0.2, 0.25) is 17.6 Å². The number of carbonyl (C=O) groups excluding carboxylic acids is 2. The van der Waals surface area contributed by atoms with E-state index in [-0.39, 0.29) is 30.4 Å². The summed E-state index contributed by atoms with van der Waals surface area (Å²) in [6, 6.07) is 1.30. The summed E-state index contributed by atoms with van der Waals surface area (Å²) in [5.41, 5.74) is 7.22. The van der Waals surface area contributed by atoms with E-state index in [4.69, 9.17) is 24.7 Å². The van der Waals surface area contributed by atoms with Gasteiger partial charge in [-0.25, -0.2) is 9.78 Å². The van der Waals surface area contributed by atoms with Gasteiger partial charge in [0.15, 0.2) is 0 Å². The third-order valence-corrected chi connectivity index (χ3v) is 9.80. The van der Waals surface area contributed by atoms with Gasteiger partial charge in [-0.3, -0.25) is 21.2 Å². The molecule has 6 N–H and O–H groups in total. The topological polar surface area (TPSA) is 174 Å². The molecule has 0 unspecified atom stereocenters. The minimum atomic E-state index is -1.01. The number of nitrogens with two attached hydrogens (primary N) is 1. The number of rotatable bonds is 8. The van der Waals surface area contributed by atoms with Crippen LogP contribution in [0, 0.1) is 5.92 Å². The second-order valence-corrected chi connectivity index (χ2v) is 12.6. The summed E-state index contributed by atoms with van der Waals surface area (Å²) in [4.78, 5) is 32.0. The average molecular weight is 636 g/mol. The molecule has 14 nitrogen and oxygen atoms in total. The molecular formula is C32H41N7O7. The number of nitrogens with zero attached hydrogens (tertiary/aromatic N) is 3. The van der Waals surface area contributed by atoms with Gasteiger partial charge in [-0.05, 0) is 44.3 Å². The van der Waals surface area contributed by atoms with Crippen LogP contribution in [-0.2, 0) is 27.3 Å². The van der Waals surface area contributed by atoms with Gasteiger partial charge in [0, 0.05) is 37.0 Å². The van der Waals surface area contributed by atoms with Crippen LogP contribution in [0.3, 0.4) is 0 Å². The van der Waals surface area contributed by atoms with Crippen LogP contribution in [0.2, 0.25) is 0 Å². The molecule has 3 fully saturated rings. The van der Waals surface area contributed by atoms with Crippen molar-refractivity contribution in [2.75, 3.05) is 25.3 Å². The van der Waals surface area contributed by atoms with Crippen molar-refractivity contribution in [1.82, 2.24) is 25.5 Å². The van der Waals surface area contributed by atoms with E-state index in [9.17, 15) is 14.7 Å². The largest absolute Gasteiger partial charge is 0.496 e. The Balaban J connectivity index is 1.23.